The number of H-pyrrole nitrogens is 1. The Kier molecular flexibility index (Phi) is 4.42. The fraction of sp³-hybridized carbons (Fsp3) is 0.333. The second-order valence-corrected chi connectivity index (χ2v) is 6.38. The maximum Gasteiger partial charge on any atom is 0.524 e. The van der Waals surface area contributed by atoms with Crippen molar-refractivity contribution in [1.29, 1.82) is 0 Å². The average molecular weight is 319 g/mol. The molecule has 0 aliphatic carbocycles. The minimum absolute atomic E-state index is 0.0934. The number of benzene rings is 1. The van der Waals surface area contributed by atoms with Crippen LogP contribution >= 0.6 is 19.4 Å². The molecule has 6 nitrogen and oxygen atoms in total. The Balaban J connectivity index is 2.48. The Morgan fingerprint density at radius 2 is 2.10 bits per heavy atom. The first-order chi connectivity index (χ1) is 9.26. The van der Waals surface area contributed by atoms with E-state index >= 15 is 0 Å². The summed E-state index contributed by atoms with van der Waals surface area (Å²) >= 11 is 5.93. The van der Waals surface area contributed by atoms with Gasteiger partial charge < -0.3 is 14.4 Å². The van der Waals surface area contributed by atoms with Gasteiger partial charge in [-0.15, -0.1) is 0 Å². The molecule has 1 heterocycles. The number of phosphoric ester groups is 1. The van der Waals surface area contributed by atoms with Crippen LogP contribution in [0.25, 0.3) is 10.9 Å². The third-order valence-electron chi connectivity index (χ3n) is 2.84. The molecule has 8 heteroatoms. The number of aromatic nitrogens is 1. The van der Waals surface area contributed by atoms with Gasteiger partial charge in [0, 0.05) is 29.2 Å². The van der Waals surface area contributed by atoms with Gasteiger partial charge in [0.1, 0.15) is 5.75 Å². The molecular formula is C12H16ClN2O4P. The Bertz CT molecular complexity index is 665. The predicted octanol–water partition coefficient (Wildman–Crippen LogP) is 2.40. The zero-order chi connectivity index (χ0) is 14.9. The molecule has 0 spiro atoms. The third kappa shape index (κ3) is 3.75. The lowest BCUT2D eigenvalue weighted by atomic mass is 10.1. The first-order valence-corrected chi connectivity index (χ1v) is 7.86. The zero-order valence-electron chi connectivity index (χ0n) is 11.1. The average Bonchev–Trinajstić information content (AvgIpc) is 2.67. The molecule has 1 aromatic heterocycles. The van der Waals surface area contributed by atoms with Gasteiger partial charge in [-0.2, -0.15) is 0 Å². The van der Waals surface area contributed by atoms with Crippen molar-refractivity contribution in [3.05, 3.63) is 28.9 Å². The van der Waals surface area contributed by atoms with Crippen molar-refractivity contribution < 1.29 is 18.9 Å². The van der Waals surface area contributed by atoms with Gasteiger partial charge >= 0.3 is 7.82 Å². The normalized spacial score (nSPS) is 12.3. The second-order valence-electron chi connectivity index (χ2n) is 4.78. The number of rotatable bonds is 5. The monoisotopic (exact) mass is 318 g/mol. The summed E-state index contributed by atoms with van der Waals surface area (Å²) in [5.41, 5.74) is 1.61. The van der Waals surface area contributed by atoms with E-state index in [1.807, 2.05) is 19.0 Å². The van der Waals surface area contributed by atoms with Gasteiger partial charge in [0.25, 0.3) is 0 Å². The molecule has 2 aromatic rings. The van der Waals surface area contributed by atoms with E-state index in [9.17, 15) is 4.57 Å². The van der Waals surface area contributed by atoms with Gasteiger partial charge in [-0.3, -0.25) is 9.79 Å². The molecule has 0 saturated heterocycles. The molecule has 0 amide bonds. The van der Waals surface area contributed by atoms with Crippen LogP contribution in [0.1, 0.15) is 5.56 Å². The van der Waals surface area contributed by atoms with E-state index in [2.05, 4.69) is 4.98 Å². The summed E-state index contributed by atoms with van der Waals surface area (Å²) < 4.78 is 15.8. The van der Waals surface area contributed by atoms with Crippen molar-refractivity contribution in [2.24, 2.45) is 0 Å². The van der Waals surface area contributed by atoms with Crippen molar-refractivity contribution in [2.75, 3.05) is 20.6 Å². The predicted molar refractivity (Wildman–Crippen MR) is 78.2 cm³/mol. The number of fused-ring (bicyclic) bond motifs is 1. The van der Waals surface area contributed by atoms with Crippen molar-refractivity contribution in [3.63, 3.8) is 0 Å². The number of aromatic amines is 1. The summed E-state index contributed by atoms with van der Waals surface area (Å²) in [6.45, 7) is 0.810. The number of nitrogens with one attached hydrogen (secondary N) is 1. The number of hydrogen-bond donors (Lipinski definition) is 3. The molecule has 3 N–H and O–H groups in total. The molecular weight excluding hydrogens is 303 g/mol. The number of likely N-dealkylation sites (N-methyl/N-ethyl adjacent to an activating group) is 1. The van der Waals surface area contributed by atoms with E-state index in [0.29, 0.717) is 15.9 Å². The minimum atomic E-state index is -4.63. The highest BCUT2D eigenvalue weighted by Crippen LogP contribution is 2.43. The summed E-state index contributed by atoms with van der Waals surface area (Å²) in [6.07, 6.45) is 2.53. The summed E-state index contributed by atoms with van der Waals surface area (Å²) in [4.78, 5) is 23.1. The van der Waals surface area contributed by atoms with Gasteiger partial charge in [0.15, 0.2) is 0 Å². The van der Waals surface area contributed by atoms with Crippen LogP contribution in [-0.4, -0.2) is 40.3 Å². The fourth-order valence-electron chi connectivity index (χ4n) is 2.01. The minimum Gasteiger partial charge on any atom is -0.403 e. The molecule has 0 unspecified atom stereocenters. The largest absolute Gasteiger partial charge is 0.524 e. The van der Waals surface area contributed by atoms with E-state index in [1.54, 1.807) is 12.3 Å². The lowest BCUT2D eigenvalue weighted by Crippen LogP contribution is -2.14. The van der Waals surface area contributed by atoms with Gasteiger partial charge in [0.05, 0.1) is 5.52 Å². The van der Waals surface area contributed by atoms with Crippen LogP contribution in [0.5, 0.6) is 5.75 Å². The smallest absolute Gasteiger partial charge is 0.403 e. The van der Waals surface area contributed by atoms with Gasteiger partial charge in [-0.25, -0.2) is 4.57 Å². The quantitative estimate of drug-likeness (QED) is 0.737. The summed E-state index contributed by atoms with van der Waals surface area (Å²) in [6, 6.07) is 3.11. The summed E-state index contributed by atoms with van der Waals surface area (Å²) in [5, 5.41) is 1.00. The molecule has 0 aliphatic rings. The Morgan fingerprint density at radius 3 is 2.70 bits per heavy atom. The maximum absolute atomic E-state index is 11.1. The topological polar surface area (TPSA) is 85.8 Å². The first kappa shape index (κ1) is 15.4. The fourth-order valence-corrected chi connectivity index (χ4v) is 2.61. The Morgan fingerprint density at radius 1 is 1.40 bits per heavy atom. The molecule has 2 rings (SSSR count). The highest BCUT2D eigenvalue weighted by molar-refractivity contribution is 7.46. The van der Waals surface area contributed by atoms with Crippen LogP contribution in [0.3, 0.4) is 0 Å². The van der Waals surface area contributed by atoms with Crippen LogP contribution in [0.4, 0.5) is 0 Å². The Hall–Kier alpha value is -1.04. The SMILES string of the molecule is CN(C)CCc1c[nH]c2cc(Cl)cc(OP(=O)(O)O)c12. The van der Waals surface area contributed by atoms with Crippen molar-refractivity contribution in [3.8, 4) is 5.75 Å². The summed E-state index contributed by atoms with van der Waals surface area (Å²) in [5.74, 6) is 0.0934. The van der Waals surface area contributed by atoms with Crippen molar-refractivity contribution in [2.45, 2.75) is 6.42 Å². The lowest BCUT2D eigenvalue weighted by molar-refractivity contribution is 0.284. The number of halogens is 1. The van der Waals surface area contributed by atoms with E-state index < -0.39 is 7.82 Å². The van der Waals surface area contributed by atoms with Gasteiger partial charge in [0.2, 0.25) is 0 Å². The third-order valence-corrected chi connectivity index (χ3v) is 3.49. The number of phosphoric acid groups is 1. The molecule has 0 saturated carbocycles. The molecule has 0 fully saturated rings. The zero-order valence-corrected chi connectivity index (χ0v) is 12.8. The van der Waals surface area contributed by atoms with E-state index in [4.69, 9.17) is 25.9 Å². The first-order valence-electron chi connectivity index (χ1n) is 5.95. The molecule has 0 radical (unpaired) electrons. The molecule has 0 bridgehead atoms. The maximum atomic E-state index is 11.1. The second kappa shape index (κ2) is 5.76. The van der Waals surface area contributed by atoms with E-state index in [1.165, 1.54) is 6.07 Å². The molecule has 0 aliphatic heterocycles. The molecule has 1 aromatic carbocycles. The molecule has 20 heavy (non-hydrogen) atoms. The number of nitrogens with zero attached hydrogens (tertiary/aromatic N) is 1. The Labute approximate surface area is 121 Å². The summed E-state index contributed by atoms with van der Waals surface area (Å²) in [7, 11) is -0.714. The van der Waals surface area contributed by atoms with Crippen LogP contribution < -0.4 is 4.52 Å². The van der Waals surface area contributed by atoms with Crippen LogP contribution in [-0.2, 0) is 11.0 Å². The van der Waals surface area contributed by atoms with Crippen molar-refractivity contribution in [1.82, 2.24) is 9.88 Å². The highest BCUT2D eigenvalue weighted by Gasteiger charge is 2.20. The standard InChI is InChI=1S/C12H16ClN2O4P/c1-15(2)4-3-8-7-14-10-5-9(13)6-11(12(8)10)19-20(16,17)18/h5-7,14H,3-4H2,1-2H3,(H2,16,17,18). The van der Waals surface area contributed by atoms with E-state index in [-0.39, 0.29) is 5.75 Å². The van der Waals surface area contributed by atoms with Gasteiger partial charge in [-0.1, -0.05) is 11.6 Å². The molecule has 110 valence electrons. The highest BCUT2D eigenvalue weighted by atomic mass is 35.5. The van der Waals surface area contributed by atoms with Crippen LogP contribution in [0, 0.1) is 0 Å². The lowest BCUT2D eigenvalue weighted by Gasteiger charge is -2.11. The van der Waals surface area contributed by atoms with Crippen LogP contribution in [0.15, 0.2) is 18.3 Å². The number of hydrogen-bond acceptors (Lipinski definition) is 3. The molecule has 0 atom stereocenters. The van der Waals surface area contributed by atoms with Gasteiger partial charge in [-0.05, 0) is 32.1 Å². The van der Waals surface area contributed by atoms with Crippen molar-refractivity contribution >= 4 is 30.3 Å². The van der Waals surface area contributed by atoms with Crippen LogP contribution in [0.2, 0.25) is 5.02 Å². The van der Waals surface area contributed by atoms with E-state index in [0.717, 1.165) is 18.5 Å².